The number of carbonyl (C=O) groups is 1. The van der Waals surface area contributed by atoms with Gasteiger partial charge in [-0.05, 0) is 73.9 Å². The SMILES string of the molecule is CCn1ncc(C(=O)c2cc(C)c3c(c2C)C(C)(C)CCS3(=O)=O)c1OS(=O)(=O)c1ccccc1C. The van der Waals surface area contributed by atoms with Gasteiger partial charge in [0.05, 0.1) is 16.8 Å². The molecule has 0 fully saturated rings. The van der Waals surface area contributed by atoms with Crippen LogP contribution in [0.25, 0.3) is 0 Å². The van der Waals surface area contributed by atoms with Gasteiger partial charge in [0.1, 0.15) is 10.5 Å². The summed E-state index contributed by atoms with van der Waals surface area (Å²) in [6.45, 7) is 11.1. The van der Waals surface area contributed by atoms with E-state index >= 15 is 0 Å². The Balaban J connectivity index is 1.87. The molecule has 0 saturated heterocycles. The monoisotopic (exact) mass is 530 g/mol. The second kappa shape index (κ2) is 8.85. The molecule has 0 amide bonds. The Bertz CT molecular complexity index is 1600. The number of benzene rings is 2. The molecule has 0 bridgehead atoms. The number of aromatic nitrogens is 2. The van der Waals surface area contributed by atoms with Crippen molar-refractivity contribution in [2.45, 2.75) is 69.7 Å². The quantitative estimate of drug-likeness (QED) is 0.345. The largest absolute Gasteiger partial charge is 0.358 e. The third kappa shape index (κ3) is 4.26. The van der Waals surface area contributed by atoms with Gasteiger partial charge in [0.25, 0.3) is 0 Å². The Morgan fingerprint density at radius 2 is 1.78 bits per heavy atom. The van der Waals surface area contributed by atoms with Crippen LogP contribution < -0.4 is 4.18 Å². The highest BCUT2D eigenvalue weighted by Crippen LogP contribution is 2.43. The van der Waals surface area contributed by atoms with Crippen molar-refractivity contribution in [3.8, 4) is 5.88 Å². The van der Waals surface area contributed by atoms with Crippen molar-refractivity contribution in [1.29, 1.82) is 0 Å². The van der Waals surface area contributed by atoms with Crippen molar-refractivity contribution in [3.63, 3.8) is 0 Å². The van der Waals surface area contributed by atoms with Crippen molar-refractivity contribution >= 4 is 25.7 Å². The summed E-state index contributed by atoms with van der Waals surface area (Å²) in [5, 5.41) is 4.18. The maximum Gasteiger partial charge on any atom is 0.340 e. The molecular weight excluding hydrogens is 500 g/mol. The Kier molecular flexibility index (Phi) is 6.41. The van der Waals surface area contributed by atoms with Crippen molar-refractivity contribution in [2.24, 2.45) is 0 Å². The van der Waals surface area contributed by atoms with E-state index in [1.54, 1.807) is 52.0 Å². The van der Waals surface area contributed by atoms with Gasteiger partial charge in [-0.1, -0.05) is 32.0 Å². The van der Waals surface area contributed by atoms with Gasteiger partial charge in [-0.25, -0.2) is 13.1 Å². The number of rotatable bonds is 6. The molecule has 10 heteroatoms. The van der Waals surface area contributed by atoms with Crippen LogP contribution in [0, 0.1) is 20.8 Å². The minimum atomic E-state index is -4.24. The zero-order chi connectivity index (χ0) is 26.6. The topological polar surface area (TPSA) is 112 Å². The lowest BCUT2D eigenvalue weighted by atomic mass is 9.77. The van der Waals surface area contributed by atoms with Crippen LogP contribution in [0.4, 0.5) is 0 Å². The molecule has 8 nitrogen and oxygen atoms in total. The summed E-state index contributed by atoms with van der Waals surface area (Å²) in [6, 6.07) is 8.00. The van der Waals surface area contributed by atoms with Crippen molar-refractivity contribution in [3.05, 3.63) is 69.9 Å². The molecule has 2 heterocycles. The van der Waals surface area contributed by atoms with E-state index in [1.807, 2.05) is 13.8 Å². The Labute approximate surface area is 212 Å². The highest BCUT2D eigenvalue weighted by atomic mass is 32.2. The molecule has 192 valence electrons. The molecule has 0 radical (unpaired) electrons. The van der Waals surface area contributed by atoms with Gasteiger partial charge in [-0.15, -0.1) is 0 Å². The summed E-state index contributed by atoms with van der Waals surface area (Å²) < 4.78 is 58.9. The molecule has 0 saturated carbocycles. The van der Waals surface area contributed by atoms with E-state index < -0.39 is 31.2 Å². The van der Waals surface area contributed by atoms with E-state index in [1.165, 1.54) is 16.9 Å². The van der Waals surface area contributed by atoms with E-state index in [0.29, 0.717) is 34.2 Å². The first-order chi connectivity index (χ1) is 16.7. The molecule has 1 aliphatic rings. The fourth-order valence-corrected chi connectivity index (χ4v) is 8.39. The highest BCUT2D eigenvalue weighted by Gasteiger charge is 2.40. The van der Waals surface area contributed by atoms with Crippen LogP contribution in [0.15, 0.2) is 46.3 Å². The van der Waals surface area contributed by atoms with Gasteiger partial charge >= 0.3 is 10.1 Å². The summed E-state index contributed by atoms with van der Waals surface area (Å²) >= 11 is 0. The van der Waals surface area contributed by atoms with Crippen LogP contribution >= 0.6 is 0 Å². The van der Waals surface area contributed by atoms with Crippen molar-refractivity contribution in [2.75, 3.05) is 5.75 Å². The zero-order valence-electron chi connectivity index (χ0n) is 21.2. The molecule has 3 aromatic rings. The molecule has 0 unspecified atom stereocenters. The van der Waals surface area contributed by atoms with E-state index in [-0.39, 0.29) is 33.5 Å². The zero-order valence-corrected chi connectivity index (χ0v) is 22.9. The number of hydrogen-bond acceptors (Lipinski definition) is 7. The average Bonchev–Trinajstić information content (AvgIpc) is 3.19. The first kappa shape index (κ1) is 26.1. The van der Waals surface area contributed by atoms with Crippen molar-refractivity contribution < 1.29 is 25.8 Å². The van der Waals surface area contributed by atoms with Crippen LogP contribution in [-0.2, 0) is 31.9 Å². The Morgan fingerprint density at radius 3 is 2.42 bits per heavy atom. The lowest BCUT2D eigenvalue weighted by Gasteiger charge is -2.35. The standard InChI is InChI=1S/C26H30N2O6S2/c1-7-28-25(34-36(32,33)21-11-9-8-10-16(21)2)20(15-27-28)23(29)19-14-17(3)24-22(18(19)4)26(5,6)12-13-35(24,30)31/h8-11,14-15H,7,12-13H2,1-6H3. The fourth-order valence-electron chi connectivity index (χ4n) is 4.93. The Hall–Kier alpha value is -2.98. The molecular formula is C26H30N2O6S2. The number of sulfone groups is 1. The first-order valence-corrected chi connectivity index (χ1v) is 14.8. The first-order valence-electron chi connectivity index (χ1n) is 11.7. The van der Waals surface area contributed by atoms with Gasteiger partial charge in [0.15, 0.2) is 15.6 Å². The maximum absolute atomic E-state index is 13.8. The molecule has 2 aromatic carbocycles. The van der Waals surface area contributed by atoms with Crippen LogP contribution in [0.1, 0.15) is 65.4 Å². The van der Waals surface area contributed by atoms with Gasteiger partial charge in [-0.2, -0.15) is 13.5 Å². The third-order valence-corrected chi connectivity index (χ3v) is 10.1. The summed E-state index contributed by atoms with van der Waals surface area (Å²) in [7, 11) is -7.72. The summed E-state index contributed by atoms with van der Waals surface area (Å²) in [4.78, 5) is 14.1. The summed E-state index contributed by atoms with van der Waals surface area (Å²) in [6.07, 6.45) is 1.74. The molecule has 1 aliphatic heterocycles. The summed E-state index contributed by atoms with van der Waals surface area (Å²) in [5.74, 6) is -0.599. The van der Waals surface area contributed by atoms with Gasteiger partial charge < -0.3 is 4.18 Å². The number of hydrogen-bond donors (Lipinski definition) is 0. The molecule has 0 N–H and O–H groups in total. The minimum absolute atomic E-state index is 0.0000130. The van der Waals surface area contributed by atoms with E-state index in [4.69, 9.17) is 4.18 Å². The number of aryl methyl sites for hydroxylation is 3. The fraction of sp³-hybridized carbons (Fsp3) is 0.385. The normalized spacial score (nSPS) is 16.4. The van der Waals surface area contributed by atoms with Crippen LogP contribution in [-0.4, -0.2) is 38.2 Å². The predicted octanol–water partition coefficient (Wildman–Crippen LogP) is 4.28. The number of ketones is 1. The number of carbonyl (C=O) groups excluding carboxylic acids is 1. The van der Waals surface area contributed by atoms with Gasteiger partial charge in [0, 0.05) is 12.1 Å². The third-order valence-electron chi connectivity index (χ3n) is 6.84. The lowest BCUT2D eigenvalue weighted by Crippen LogP contribution is -2.33. The predicted molar refractivity (Wildman–Crippen MR) is 136 cm³/mol. The lowest BCUT2D eigenvalue weighted by molar-refractivity contribution is 0.103. The second-order valence-electron chi connectivity index (χ2n) is 9.83. The average molecular weight is 531 g/mol. The molecule has 0 atom stereocenters. The van der Waals surface area contributed by atoms with Crippen LogP contribution in [0.3, 0.4) is 0 Å². The molecule has 36 heavy (non-hydrogen) atoms. The molecule has 4 rings (SSSR count). The molecule has 0 aliphatic carbocycles. The number of fused-ring (bicyclic) bond motifs is 1. The van der Waals surface area contributed by atoms with Crippen LogP contribution in [0.5, 0.6) is 5.88 Å². The molecule has 1 aromatic heterocycles. The van der Waals surface area contributed by atoms with Crippen molar-refractivity contribution in [1.82, 2.24) is 9.78 Å². The minimum Gasteiger partial charge on any atom is -0.358 e. The Morgan fingerprint density at radius 1 is 1.11 bits per heavy atom. The van der Waals surface area contributed by atoms with Gasteiger partial charge in [0.2, 0.25) is 5.88 Å². The molecule has 0 spiro atoms. The smallest absolute Gasteiger partial charge is 0.340 e. The summed E-state index contributed by atoms with van der Waals surface area (Å²) in [5.41, 5.74) is 2.04. The maximum atomic E-state index is 13.8. The highest BCUT2D eigenvalue weighted by molar-refractivity contribution is 7.91. The van der Waals surface area contributed by atoms with E-state index in [9.17, 15) is 21.6 Å². The van der Waals surface area contributed by atoms with Crippen LogP contribution in [0.2, 0.25) is 0 Å². The van der Waals surface area contributed by atoms with E-state index in [2.05, 4.69) is 5.10 Å². The second-order valence-corrected chi connectivity index (χ2v) is 13.4. The van der Waals surface area contributed by atoms with E-state index in [0.717, 1.165) is 0 Å². The number of nitrogens with zero attached hydrogens (tertiary/aromatic N) is 2. The van der Waals surface area contributed by atoms with Gasteiger partial charge in [-0.3, -0.25) is 4.79 Å².